The number of halogens is 3. The highest BCUT2D eigenvalue weighted by atomic mass is 31.2. The smallest absolute Gasteiger partial charge is 0.406 e. The van der Waals surface area contributed by atoms with Gasteiger partial charge >= 0.3 is 59.4 Å². The first kappa shape index (κ1) is 68.2. The van der Waals surface area contributed by atoms with Gasteiger partial charge in [0.05, 0.1) is 45.4 Å². The number of fused-ring (bicyclic) bond motifs is 6. The summed E-state index contributed by atoms with van der Waals surface area (Å²) in [4.78, 5) is 67.7. The zero-order valence-electron chi connectivity index (χ0n) is 49.3. The molecule has 6 aliphatic heterocycles. The fourth-order valence-electron chi connectivity index (χ4n) is 10.0. The minimum absolute atomic E-state index is 0.0147. The Morgan fingerprint density at radius 2 is 0.870 bits per heavy atom. The minimum Gasteiger partial charge on any atom is -0.465 e. The Morgan fingerprint density at radius 1 is 0.554 bits per heavy atom. The van der Waals surface area contributed by atoms with E-state index in [0.717, 1.165) is 0 Å². The Kier molecular flexibility index (Phi) is 20.6. The molecule has 6 fully saturated rings. The molecule has 12 rings (SSSR count). The number of carbonyl (C=O) groups excluding carboxylic acids is 3. The molecule has 0 spiro atoms. The molecule has 6 aliphatic rings. The molecule has 0 bridgehead atoms. The van der Waals surface area contributed by atoms with E-state index in [2.05, 4.69) is 60.1 Å². The third-order valence-corrected chi connectivity index (χ3v) is 19.6. The van der Waals surface area contributed by atoms with E-state index >= 15 is 0 Å². The van der Waals surface area contributed by atoms with Gasteiger partial charge in [0.15, 0.2) is 69.6 Å². The number of ether oxygens (including phenoxy) is 6. The van der Waals surface area contributed by atoms with Crippen molar-refractivity contribution >= 4 is 92.1 Å². The number of nitrogen functional groups attached to an aromatic ring is 3. The van der Waals surface area contributed by atoms with Crippen LogP contribution in [-0.2, 0) is 83.6 Å². The molecule has 3 unspecified atom stereocenters. The summed E-state index contributed by atoms with van der Waals surface area (Å²) in [5.74, 6) is -1.90. The van der Waals surface area contributed by atoms with Crippen molar-refractivity contribution in [1.82, 2.24) is 73.8 Å². The maximum absolute atomic E-state index is 13.6. The topological polar surface area (TPSA) is 519 Å². The highest BCUT2D eigenvalue weighted by Crippen LogP contribution is 2.56. The second-order valence-corrected chi connectivity index (χ2v) is 26.3. The number of aliphatic hydroxyl groups is 3. The lowest BCUT2D eigenvalue weighted by molar-refractivity contribution is -0.145. The SMILES string of the molecule is CCC(=O)OC[C@H](C)NP1(=O)OC[C@H]2O[C@@H](n3cnc4c(N)nc(F)nc43)[C@@H](O)[C@@H]2O1.CCC(=O)OC[C@H](C)NP1(=O)OC[C@H]2O[C@@H](n3cnc4c(N)nc(F)nc43)[C@@H](O)[C@@H]2O1.CCOC(=O)[C@H](C)NP1(=O)OC[C@H]2O[C@@H](n3cnc4c(N)nc(F)nc43)[C@@H](O)[C@@H]2O1. The zero-order valence-corrected chi connectivity index (χ0v) is 52.0. The van der Waals surface area contributed by atoms with E-state index in [1.165, 1.54) is 39.6 Å². The first-order valence-corrected chi connectivity index (χ1v) is 32.8. The zero-order chi connectivity index (χ0) is 66.3. The molecule has 0 amide bonds. The first-order chi connectivity index (χ1) is 43.6. The van der Waals surface area contributed by atoms with Crippen LogP contribution in [0.4, 0.5) is 30.6 Å². The van der Waals surface area contributed by atoms with E-state index in [0.29, 0.717) is 0 Å². The van der Waals surface area contributed by atoms with Crippen molar-refractivity contribution in [1.29, 1.82) is 0 Å². The van der Waals surface area contributed by atoms with Gasteiger partial charge in [-0.25, -0.2) is 43.9 Å². The molecule has 504 valence electrons. The van der Waals surface area contributed by atoms with Gasteiger partial charge in [0.1, 0.15) is 74.2 Å². The summed E-state index contributed by atoms with van der Waals surface area (Å²) < 4.78 is 148. The van der Waals surface area contributed by atoms with Crippen LogP contribution in [0.3, 0.4) is 0 Å². The molecule has 6 aromatic rings. The third kappa shape index (κ3) is 14.5. The number of hydrogen-bond acceptors (Lipinski definition) is 33. The molecule has 18 atom stereocenters. The number of esters is 3. The lowest BCUT2D eigenvalue weighted by Crippen LogP contribution is -2.44. The average Bonchev–Trinajstić information content (AvgIpc) is 1.65. The second kappa shape index (κ2) is 27.7. The molecular weight excluding hydrogens is 1300 g/mol. The fourth-order valence-corrected chi connectivity index (χ4v) is 15.2. The summed E-state index contributed by atoms with van der Waals surface area (Å²) in [7, 11) is -11.6. The predicted molar refractivity (Wildman–Crippen MR) is 301 cm³/mol. The van der Waals surface area contributed by atoms with E-state index in [-0.39, 0.29) is 103 Å². The number of imidazole rings is 3. The Labute approximate surface area is 516 Å². The predicted octanol–water partition coefficient (Wildman–Crippen LogP) is 0.392. The van der Waals surface area contributed by atoms with E-state index in [4.69, 9.17) is 72.8 Å². The molecule has 45 heteroatoms. The van der Waals surface area contributed by atoms with Crippen molar-refractivity contribution in [3.05, 3.63) is 37.2 Å². The molecule has 0 aromatic carbocycles. The molecule has 12 heterocycles. The van der Waals surface area contributed by atoms with Crippen LogP contribution in [0.25, 0.3) is 33.5 Å². The Hall–Kier alpha value is -6.66. The van der Waals surface area contributed by atoms with Crippen LogP contribution < -0.4 is 32.5 Å². The summed E-state index contributed by atoms with van der Waals surface area (Å²) in [5.41, 5.74) is 17.5. The van der Waals surface area contributed by atoms with Crippen molar-refractivity contribution < 1.29 is 112 Å². The molecule has 6 aromatic heterocycles. The van der Waals surface area contributed by atoms with E-state index in [9.17, 15) is 56.6 Å². The Bertz CT molecular complexity index is 3700. The van der Waals surface area contributed by atoms with Crippen LogP contribution in [0.15, 0.2) is 19.0 Å². The number of aliphatic hydroxyl groups excluding tert-OH is 3. The number of aromatic nitrogens is 12. The van der Waals surface area contributed by atoms with E-state index in [1.807, 2.05) is 0 Å². The van der Waals surface area contributed by atoms with Gasteiger partial charge in [0.2, 0.25) is 0 Å². The first-order valence-electron chi connectivity index (χ1n) is 28.2. The van der Waals surface area contributed by atoms with Crippen LogP contribution in [0.2, 0.25) is 0 Å². The fraction of sp³-hybridized carbons (Fsp3) is 0.617. The molecule has 0 radical (unpaired) electrons. The Balaban J connectivity index is 0.000000151. The van der Waals surface area contributed by atoms with Crippen molar-refractivity contribution in [2.75, 3.05) is 56.8 Å². The highest BCUT2D eigenvalue weighted by molar-refractivity contribution is 7.52. The molecule has 6 saturated heterocycles. The van der Waals surface area contributed by atoms with Crippen LogP contribution in [0.1, 0.15) is 73.1 Å². The van der Waals surface area contributed by atoms with Gasteiger partial charge in [0.25, 0.3) is 0 Å². The van der Waals surface area contributed by atoms with Gasteiger partial charge in [-0.15, -0.1) is 0 Å². The molecule has 0 saturated carbocycles. The number of rotatable bonds is 17. The molecule has 39 nitrogen and oxygen atoms in total. The largest absolute Gasteiger partial charge is 0.465 e. The van der Waals surface area contributed by atoms with Gasteiger partial charge in [-0.1, -0.05) is 13.8 Å². The van der Waals surface area contributed by atoms with E-state index < -0.39 is 151 Å². The summed E-state index contributed by atoms with van der Waals surface area (Å²) in [5, 5.41) is 40.1. The number of nitrogens with two attached hydrogens (primary N) is 3. The van der Waals surface area contributed by atoms with Gasteiger partial charge in [-0.3, -0.25) is 55.2 Å². The van der Waals surface area contributed by atoms with Crippen molar-refractivity contribution in [3.63, 3.8) is 0 Å². The van der Waals surface area contributed by atoms with Gasteiger partial charge in [0, 0.05) is 24.9 Å². The van der Waals surface area contributed by atoms with Crippen LogP contribution >= 0.6 is 23.2 Å². The maximum atomic E-state index is 13.6. The second-order valence-electron chi connectivity index (χ2n) is 21.1. The van der Waals surface area contributed by atoms with Crippen LogP contribution in [-0.4, -0.2) is 204 Å². The standard InChI is InChI=1S/2C16H22FN6O7P.C15H20FN6O7P/c2*1-3-9(24)27-4-7(2)22-31(26)28-5-8-12(30-31)11(25)15(29-8)23-6-19-10-13(18)20-16(17)21-14(10)23;1-3-26-14(24)6(2)21-30(25)27-4-7-10(29-30)9(23)13(28-7)22-5-18-8-11(17)19-15(16)20-12(8)22/h2*6-8,11-12,15,25H,3-5H2,1-2H3,(H,22,26)(H2,18,20,21);5-7,9-10,13,23H,3-4H2,1-2H3,(H,21,25)(H2,17,19,20)/t2*7-,8+,11-,12+,15+,31?;6-,7+,9-,10+,13+,30?/m000/s1. The van der Waals surface area contributed by atoms with Gasteiger partial charge < -0.3 is 60.9 Å². The number of hydrogen-bond donors (Lipinski definition) is 9. The lowest BCUT2D eigenvalue weighted by Gasteiger charge is -2.33. The Morgan fingerprint density at radius 3 is 1.17 bits per heavy atom. The summed E-state index contributed by atoms with van der Waals surface area (Å²) >= 11 is 0. The third-order valence-electron chi connectivity index (χ3n) is 14.3. The highest BCUT2D eigenvalue weighted by Gasteiger charge is 2.56. The van der Waals surface area contributed by atoms with Crippen LogP contribution in [0, 0.1) is 18.2 Å². The molecule has 0 aliphatic carbocycles. The average molecular weight is 1370 g/mol. The van der Waals surface area contributed by atoms with Gasteiger partial charge in [-0.05, 0) is 27.7 Å². The normalized spacial score (nSPS) is 31.7. The van der Waals surface area contributed by atoms with Crippen molar-refractivity contribution in [2.24, 2.45) is 0 Å². The molecular formula is C47H64F3N18O21P3. The van der Waals surface area contributed by atoms with Crippen LogP contribution in [0.5, 0.6) is 0 Å². The number of nitrogens with zero attached hydrogens (tertiary/aromatic N) is 12. The number of anilines is 3. The summed E-state index contributed by atoms with van der Waals surface area (Å²) in [6, 6.07) is -2.04. The monoisotopic (exact) mass is 1370 g/mol. The maximum Gasteiger partial charge on any atom is 0.406 e. The molecule has 12 N–H and O–H groups in total. The minimum atomic E-state index is -3.94. The van der Waals surface area contributed by atoms with Crippen molar-refractivity contribution in [2.45, 2.75) is 146 Å². The van der Waals surface area contributed by atoms with E-state index in [1.54, 1.807) is 34.6 Å². The quantitative estimate of drug-likeness (QED) is 0.0258. The number of nitrogens with one attached hydrogen (secondary N) is 3. The van der Waals surface area contributed by atoms with Gasteiger partial charge in [-0.2, -0.15) is 43.1 Å². The summed E-state index contributed by atoms with van der Waals surface area (Å²) in [6.45, 7) is 9.31. The molecule has 92 heavy (non-hydrogen) atoms. The lowest BCUT2D eigenvalue weighted by atomic mass is 10.1. The van der Waals surface area contributed by atoms with Crippen molar-refractivity contribution in [3.8, 4) is 0 Å². The number of carbonyl (C=O) groups is 3. The summed E-state index contributed by atoms with van der Waals surface area (Å²) in [6.07, 6.45) is -11.4.